The van der Waals surface area contributed by atoms with Gasteiger partial charge in [0.15, 0.2) is 12.6 Å². The summed E-state index contributed by atoms with van der Waals surface area (Å²) in [5.74, 6) is -0.246. The second-order valence-electron chi connectivity index (χ2n) is 20.1. The molecule has 14 heteroatoms. The van der Waals surface area contributed by atoms with E-state index in [0.29, 0.717) is 12.8 Å². The van der Waals surface area contributed by atoms with E-state index in [1.807, 2.05) is 6.08 Å². The molecule has 2 saturated heterocycles. The van der Waals surface area contributed by atoms with Crippen LogP contribution in [0.2, 0.25) is 0 Å². The largest absolute Gasteiger partial charge is 0.394 e. The standard InChI is InChI=1S/C55H103NO13/c1-3-5-7-9-11-13-15-17-19-21-22-23-25-27-29-31-33-35-37-39-47(60)56-43(44(59)38-36-34-32-30-28-26-24-20-18-16-14-12-10-8-6-4-2)42-66-54-52(65)50(63)53(46(41-58)68-54)69-55-51(64)49(62)48(61)45(40-57)67-55/h28,30,36,38,43-46,48-55,57-59,61-65H,3-27,29,31-35,37,39-42H2,1-2H3,(H,56,60)/b30-28+,38-36+. The maximum absolute atomic E-state index is 13.2. The number of allylic oxidation sites excluding steroid dienone is 3. The summed E-state index contributed by atoms with van der Waals surface area (Å²) in [5, 5.41) is 86.9. The summed E-state index contributed by atoms with van der Waals surface area (Å²) in [6, 6.07) is -0.926. The van der Waals surface area contributed by atoms with Crippen molar-refractivity contribution in [2.75, 3.05) is 19.8 Å². The molecule has 2 heterocycles. The second-order valence-corrected chi connectivity index (χ2v) is 20.1. The fourth-order valence-corrected chi connectivity index (χ4v) is 9.31. The first-order chi connectivity index (χ1) is 33.6. The first kappa shape index (κ1) is 63.6. The van der Waals surface area contributed by atoms with E-state index in [-0.39, 0.29) is 18.9 Å². The summed E-state index contributed by atoms with van der Waals surface area (Å²) >= 11 is 0. The molecule has 2 rings (SSSR count). The third-order valence-electron chi connectivity index (χ3n) is 13.9. The number of nitrogens with one attached hydrogen (secondary N) is 1. The Kier molecular flexibility index (Phi) is 38.6. The van der Waals surface area contributed by atoms with Gasteiger partial charge in [-0.2, -0.15) is 0 Å². The summed E-state index contributed by atoms with van der Waals surface area (Å²) in [6.07, 6.45) is 30.7. The fourth-order valence-electron chi connectivity index (χ4n) is 9.31. The van der Waals surface area contributed by atoms with Crippen molar-refractivity contribution in [2.45, 2.75) is 299 Å². The molecule has 9 N–H and O–H groups in total. The molecule has 0 aromatic rings. The quantitative estimate of drug-likeness (QED) is 0.0206. The van der Waals surface area contributed by atoms with Gasteiger partial charge in [0, 0.05) is 6.42 Å². The molecule has 0 bridgehead atoms. The molecule has 0 radical (unpaired) electrons. The summed E-state index contributed by atoms with van der Waals surface area (Å²) in [5.41, 5.74) is 0. The number of rotatable bonds is 44. The monoisotopic (exact) mass is 986 g/mol. The van der Waals surface area contributed by atoms with Crippen molar-refractivity contribution in [1.82, 2.24) is 5.32 Å². The molecule has 2 aliphatic rings. The van der Waals surface area contributed by atoms with Gasteiger partial charge in [0.1, 0.15) is 48.8 Å². The Balaban J connectivity index is 1.81. The highest BCUT2D eigenvalue weighted by Gasteiger charge is 2.51. The Labute approximate surface area is 418 Å². The van der Waals surface area contributed by atoms with Crippen LogP contribution in [0.4, 0.5) is 0 Å². The van der Waals surface area contributed by atoms with Crippen LogP contribution in [-0.4, -0.2) is 140 Å². The molecule has 0 aliphatic carbocycles. The number of hydrogen-bond donors (Lipinski definition) is 9. The first-order valence-electron chi connectivity index (χ1n) is 28.1. The topological polar surface area (TPSA) is 228 Å². The van der Waals surface area contributed by atoms with Gasteiger partial charge >= 0.3 is 0 Å². The van der Waals surface area contributed by atoms with Crippen LogP contribution in [0.5, 0.6) is 0 Å². The summed E-state index contributed by atoms with van der Waals surface area (Å²) < 4.78 is 22.7. The van der Waals surface area contributed by atoms with Crippen LogP contribution in [-0.2, 0) is 23.7 Å². The van der Waals surface area contributed by atoms with Crippen LogP contribution in [0.1, 0.15) is 226 Å². The molecular formula is C55H103NO13. The van der Waals surface area contributed by atoms with Gasteiger partial charge in [-0.15, -0.1) is 0 Å². The minimum absolute atomic E-state index is 0.246. The normalized spacial score (nSPS) is 26.3. The lowest BCUT2D eigenvalue weighted by Crippen LogP contribution is -2.65. The third kappa shape index (κ3) is 28.5. The lowest BCUT2D eigenvalue weighted by Gasteiger charge is -2.46. The van der Waals surface area contributed by atoms with Gasteiger partial charge in [0.2, 0.25) is 5.91 Å². The zero-order chi connectivity index (χ0) is 50.3. The minimum Gasteiger partial charge on any atom is -0.394 e. The molecule has 0 spiro atoms. The van der Waals surface area contributed by atoms with Gasteiger partial charge in [-0.3, -0.25) is 4.79 Å². The van der Waals surface area contributed by atoms with Crippen LogP contribution in [0.3, 0.4) is 0 Å². The third-order valence-corrected chi connectivity index (χ3v) is 13.9. The van der Waals surface area contributed by atoms with Crippen molar-refractivity contribution >= 4 is 5.91 Å². The number of ether oxygens (including phenoxy) is 4. The molecule has 14 nitrogen and oxygen atoms in total. The van der Waals surface area contributed by atoms with Gasteiger partial charge in [0.05, 0.1) is 32.0 Å². The summed E-state index contributed by atoms with van der Waals surface area (Å²) in [7, 11) is 0. The van der Waals surface area contributed by atoms with E-state index < -0.39 is 86.8 Å². The Morgan fingerprint density at radius 2 is 0.928 bits per heavy atom. The zero-order valence-corrected chi connectivity index (χ0v) is 43.3. The molecule has 0 saturated carbocycles. The Bertz CT molecular complexity index is 1260. The molecule has 406 valence electrons. The number of unbranched alkanes of at least 4 members (excludes halogenated alkanes) is 29. The Hall–Kier alpha value is -1.53. The Morgan fingerprint density at radius 3 is 1.42 bits per heavy atom. The van der Waals surface area contributed by atoms with Crippen molar-refractivity contribution in [2.24, 2.45) is 0 Å². The maximum Gasteiger partial charge on any atom is 0.220 e. The predicted octanol–water partition coefficient (Wildman–Crippen LogP) is 8.50. The predicted molar refractivity (Wildman–Crippen MR) is 272 cm³/mol. The van der Waals surface area contributed by atoms with Gasteiger partial charge in [-0.1, -0.05) is 212 Å². The molecular weight excluding hydrogens is 883 g/mol. The molecule has 0 aromatic carbocycles. The van der Waals surface area contributed by atoms with Gasteiger partial charge in [-0.05, 0) is 32.1 Å². The van der Waals surface area contributed by atoms with Gasteiger partial charge < -0.3 is 65.1 Å². The average molecular weight is 986 g/mol. The van der Waals surface area contributed by atoms with E-state index in [4.69, 9.17) is 18.9 Å². The SMILES string of the molecule is CCCCCCCCCCCC/C=C/CC/C=C/C(O)C(COC1OC(CO)C(OC2OC(CO)C(O)C(O)C2O)C(O)C1O)NC(=O)CCCCCCCCCCCCCCCCCCCCC. The molecule has 12 atom stereocenters. The van der Waals surface area contributed by atoms with Crippen molar-refractivity contribution in [3.63, 3.8) is 0 Å². The highest BCUT2D eigenvalue weighted by molar-refractivity contribution is 5.76. The van der Waals surface area contributed by atoms with E-state index >= 15 is 0 Å². The van der Waals surface area contributed by atoms with E-state index in [9.17, 15) is 45.6 Å². The first-order valence-corrected chi connectivity index (χ1v) is 28.1. The van der Waals surface area contributed by atoms with E-state index in [2.05, 4.69) is 31.3 Å². The van der Waals surface area contributed by atoms with Crippen molar-refractivity contribution < 1.29 is 64.6 Å². The summed E-state index contributed by atoms with van der Waals surface area (Å²) in [4.78, 5) is 13.2. The summed E-state index contributed by atoms with van der Waals surface area (Å²) in [6.45, 7) is 2.79. The van der Waals surface area contributed by atoms with Crippen LogP contribution in [0.15, 0.2) is 24.3 Å². The van der Waals surface area contributed by atoms with Crippen molar-refractivity contribution in [1.29, 1.82) is 0 Å². The van der Waals surface area contributed by atoms with E-state index in [1.165, 1.54) is 161 Å². The van der Waals surface area contributed by atoms with Gasteiger partial charge in [-0.25, -0.2) is 0 Å². The van der Waals surface area contributed by atoms with E-state index in [0.717, 1.165) is 32.1 Å². The zero-order valence-electron chi connectivity index (χ0n) is 43.3. The molecule has 1 amide bonds. The van der Waals surface area contributed by atoms with Crippen LogP contribution in [0.25, 0.3) is 0 Å². The van der Waals surface area contributed by atoms with Crippen LogP contribution < -0.4 is 5.32 Å². The van der Waals surface area contributed by atoms with Crippen LogP contribution >= 0.6 is 0 Å². The number of aliphatic hydroxyl groups is 8. The Morgan fingerprint density at radius 1 is 0.507 bits per heavy atom. The fraction of sp³-hybridized carbons (Fsp3) is 0.909. The second kappa shape index (κ2) is 41.9. The lowest BCUT2D eigenvalue weighted by atomic mass is 9.97. The number of amides is 1. The number of carbonyl (C=O) groups is 1. The number of aliphatic hydroxyl groups excluding tert-OH is 8. The highest BCUT2D eigenvalue weighted by Crippen LogP contribution is 2.30. The minimum atomic E-state index is -1.79. The number of hydrogen-bond acceptors (Lipinski definition) is 13. The smallest absolute Gasteiger partial charge is 0.220 e. The highest BCUT2D eigenvalue weighted by atomic mass is 16.7. The average Bonchev–Trinajstić information content (AvgIpc) is 3.35. The van der Waals surface area contributed by atoms with Crippen molar-refractivity contribution in [3.05, 3.63) is 24.3 Å². The molecule has 2 aliphatic heterocycles. The van der Waals surface area contributed by atoms with Crippen molar-refractivity contribution in [3.8, 4) is 0 Å². The number of carbonyl (C=O) groups excluding carboxylic acids is 1. The molecule has 12 unspecified atom stereocenters. The molecule has 2 fully saturated rings. The molecule has 0 aromatic heterocycles. The van der Waals surface area contributed by atoms with Gasteiger partial charge in [0.25, 0.3) is 0 Å². The maximum atomic E-state index is 13.2. The van der Waals surface area contributed by atoms with E-state index in [1.54, 1.807) is 6.08 Å². The van der Waals surface area contributed by atoms with Crippen LogP contribution in [0, 0.1) is 0 Å². The molecule has 69 heavy (non-hydrogen) atoms. The lowest BCUT2D eigenvalue weighted by molar-refractivity contribution is -0.359.